The molecule has 0 radical (unpaired) electrons. The van der Waals surface area contributed by atoms with Gasteiger partial charge in [-0.3, -0.25) is 9.59 Å². The van der Waals surface area contributed by atoms with Gasteiger partial charge in [0.2, 0.25) is 0 Å². The van der Waals surface area contributed by atoms with Crippen LogP contribution in [0, 0.1) is 5.82 Å². The van der Waals surface area contributed by atoms with Crippen molar-refractivity contribution in [3.8, 4) is 21.8 Å². The number of carbonyl (C=O) groups is 1. The number of aromatic nitrogens is 3. The monoisotopic (exact) mass is 392 g/mol. The molecule has 0 aliphatic heterocycles. The minimum atomic E-state index is -0.511. The molecule has 0 bridgehead atoms. The predicted molar refractivity (Wildman–Crippen MR) is 106 cm³/mol. The first kappa shape index (κ1) is 17.7. The summed E-state index contributed by atoms with van der Waals surface area (Å²) < 4.78 is 14.0. The van der Waals surface area contributed by atoms with Crippen LogP contribution in [-0.2, 0) is 0 Å². The number of hydrogen-bond acceptors (Lipinski definition) is 5. The number of nitrogens with zero attached hydrogens (tertiary/aromatic N) is 2. The van der Waals surface area contributed by atoms with Gasteiger partial charge in [0, 0.05) is 22.6 Å². The SMILES string of the molecule is O=C(Nc1ccccc1-c1csc(-c2ccccc2F)n1)c1cc(=O)[nH]cn1. The summed E-state index contributed by atoms with van der Waals surface area (Å²) in [6.07, 6.45) is 1.17. The summed E-state index contributed by atoms with van der Waals surface area (Å²) in [5.41, 5.74) is 1.82. The molecule has 8 heteroatoms. The lowest BCUT2D eigenvalue weighted by Crippen LogP contribution is -2.18. The van der Waals surface area contributed by atoms with Gasteiger partial charge in [-0.1, -0.05) is 30.3 Å². The number of aromatic amines is 1. The number of para-hydroxylation sites is 1. The van der Waals surface area contributed by atoms with Crippen LogP contribution in [0.5, 0.6) is 0 Å². The summed E-state index contributed by atoms with van der Waals surface area (Å²) in [7, 11) is 0. The third-order valence-electron chi connectivity index (χ3n) is 3.97. The Kier molecular flexibility index (Phi) is 4.77. The second-order valence-electron chi connectivity index (χ2n) is 5.81. The second kappa shape index (κ2) is 7.53. The number of thiazole rings is 1. The van der Waals surface area contributed by atoms with Gasteiger partial charge in [-0.15, -0.1) is 11.3 Å². The Balaban J connectivity index is 1.66. The molecule has 0 atom stereocenters. The maximum Gasteiger partial charge on any atom is 0.274 e. The van der Waals surface area contributed by atoms with Crippen LogP contribution in [0.15, 0.2) is 71.1 Å². The highest BCUT2D eigenvalue weighted by molar-refractivity contribution is 7.13. The Labute approximate surface area is 162 Å². The average molecular weight is 392 g/mol. The number of anilines is 1. The van der Waals surface area contributed by atoms with Crippen molar-refractivity contribution in [2.24, 2.45) is 0 Å². The van der Waals surface area contributed by atoms with Crippen molar-refractivity contribution in [2.75, 3.05) is 5.32 Å². The molecule has 2 aromatic heterocycles. The van der Waals surface area contributed by atoms with Gasteiger partial charge in [-0.2, -0.15) is 0 Å². The van der Waals surface area contributed by atoms with Crippen molar-refractivity contribution < 1.29 is 9.18 Å². The molecule has 2 heterocycles. The molecular weight excluding hydrogens is 379 g/mol. The number of nitrogens with one attached hydrogen (secondary N) is 2. The number of amides is 1. The summed E-state index contributed by atoms with van der Waals surface area (Å²) >= 11 is 1.32. The molecule has 1 amide bonds. The molecule has 28 heavy (non-hydrogen) atoms. The van der Waals surface area contributed by atoms with E-state index >= 15 is 0 Å². The van der Waals surface area contributed by atoms with Crippen molar-refractivity contribution in [2.45, 2.75) is 0 Å². The molecule has 0 aliphatic carbocycles. The van der Waals surface area contributed by atoms with Gasteiger partial charge in [0.1, 0.15) is 16.5 Å². The van der Waals surface area contributed by atoms with Gasteiger partial charge in [0.15, 0.2) is 0 Å². The lowest BCUT2D eigenvalue weighted by atomic mass is 10.1. The van der Waals surface area contributed by atoms with Crippen LogP contribution in [0.25, 0.3) is 21.8 Å². The fraction of sp³-hybridized carbons (Fsp3) is 0. The van der Waals surface area contributed by atoms with E-state index in [1.807, 2.05) is 6.07 Å². The first-order valence-corrected chi connectivity index (χ1v) is 9.16. The Hall–Kier alpha value is -3.65. The topological polar surface area (TPSA) is 87.7 Å². The Bertz CT molecular complexity index is 1220. The van der Waals surface area contributed by atoms with Gasteiger partial charge in [0.05, 0.1) is 17.7 Å². The molecule has 0 saturated heterocycles. The lowest BCUT2D eigenvalue weighted by Gasteiger charge is -2.09. The third kappa shape index (κ3) is 3.58. The van der Waals surface area contributed by atoms with Crippen LogP contribution in [0.3, 0.4) is 0 Å². The molecule has 2 aromatic carbocycles. The van der Waals surface area contributed by atoms with Crippen LogP contribution in [0.2, 0.25) is 0 Å². The van der Waals surface area contributed by atoms with E-state index < -0.39 is 11.5 Å². The van der Waals surface area contributed by atoms with E-state index in [0.29, 0.717) is 27.5 Å². The van der Waals surface area contributed by atoms with E-state index in [1.54, 1.807) is 41.8 Å². The summed E-state index contributed by atoms with van der Waals surface area (Å²) in [5.74, 6) is -0.853. The summed E-state index contributed by atoms with van der Waals surface area (Å²) in [6, 6.07) is 14.7. The van der Waals surface area contributed by atoms with Crippen molar-refractivity contribution in [1.29, 1.82) is 0 Å². The van der Waals surface area contributed by atoms with E-state index in [-0.39, 0.29) is 11.5 Å². The third-order valence-corrected chi connectivity index (χ3v) is 4.85. The zero-order chi connectivity index (χ0) is 19.5. The van der Waals surface area contributed by atoms with Gasteiger partial charge < -0.3 is 10.3 Å². The average Bonchev–Trinajstić information content (AvgIpc) is 3.18. The maximum absolute atomic E-state index is 14.0. The van der Waals surface area contributed by atoms with E-state index in [9.17, 15) is 14.0 Å². The first-order valence-electron chi connectivity index (χ1n) is 8.28. The minimum absolute atomic E-state index is 0.00359. The van der Waals surface area contributed by atoms with Crippen molar-refractivity contribution in [3.05, 3.63) is 88.2 Å². The fourth-order valence-corrected chi connectivity index (χ4v) is 3.50. The van der Waals surface area contributed by atoms with E-state index in [1.165, 1.54) is 23.7 Å². The van der Waals surface area contributed by atoms with Crippen molar-refractivity contribution >= 4 is 22.9 Å². The lowest BCUT2D eigenvalue weighted by molar-refractivity contribution is 0.102. The number of carbonyl (C=O) groups excluding carboxylic acids is 1. The molecule has 0 aliphatic rings. The number of benzene rings is 2. The highest BCUT2D eigenvalue weighted by Crippen LogP contribution is 2.33. The van der Waals surface area contributed by atoms with Crippen LogP contribution in [-0.4, -0.2) is 20.9 Å². The summed E-state index contributed by atoms with van der Waals surface area (Å²) in [6.45, 7) is 0. The van der Waals surface area contributed by atoms with Crippen molar-refractivity contribution in [3.63, 3.8) is 0 Å². The Morgan fingerprint density at radius 3 is 2.61 bits per heavy atom. The summed E-state index contributed by atoms with van der Waals surface area (Å²) in [5, 5.41) is 5.10. The molecule has 6 nitrogen and oxygen atoms in total. The first-order chi connectivity index (χ1) is 13.6. The zero-order valence-electron chi connectivity index (χ0n) is 14.3. The maximum atomic E-state index is 14.0. The smallest absolute Gasteiger partial charge is 0.274 e. The molecule has 0 saturated carbocycles. The number of hydrogen-bond donors (Lipinski definition) is 2. The van der Waals surface area contributed by atoms with E-state index in [2.05, 4.69) is 20.3 Å². The standard InChI is InChI=1S/C20H13FN4O2S/c21-14-7-3-1-5-12(14)20-25-17(10-28-20)13-6-2-4-8-15(13)24-19(27)16-9-18(26)23-11-22-16/h1-11H,(H,24,27)(H,22,23,26). The van der Waals surface area contributed by atoms with Crippen LogP contribution in [0.1, 0.15) is 10.5 Å². The van der Waals surface area contributed by atoms with Crippen LogP contribution >= 0.6 is 11.3 Å². The second-order valence-corrected chi connectivity index (χ2v) is 6.67. The number of rotatable bonds is 4. The highest BCUT2D eigenvalue weighted by atomic mass is 32.1. The van der Waals surface area contributed by atoms with Crippen LogP contribution in [0.4, 0.5) is 10.1 Å². The minimum Gasteiger partial charge on any atom is -0.320 e. The van der Waals surface area contributed by atoms with Gasteiger partial charge >= 0.3 is 0 Å². The van der Waals surface area contributed by atoms with Gasteiger partial charge in [-0.05, 0) is 18.2 Å². The largest absolute Gasteiger partial charge is 0.320 e. The Morgan fingerprint density at radius 2 is 1.82 bits per heavy atom. The molecule has 138 valence electrons. The molecule has 2 N–H and O–H groups in total. The normalized spacial score (nSPS) is 10.6. The molecular formula is C20H13FN4O2S. The molecule has 0 fully saturated rings. The number of H-pyrrole nitrogens is 1. The van der Waals surface area contributed by atoms with Crippen molar-refractivity contribution in [1.82, 2.24) is 15.0 Å². The molecule has 0 spiro atoms. The zero-order valence-corrected chi connectivity index (χ0v) is 15.2. The van der Waals surface area contributed by atoms with Gasteiger partial charge in [-0.25, -0.2) is 14.4 Å². The van der Waals surface area contributed by atoms with Crippen LogP contribution < -0.4 is 10.9 Å². The van der Waals surface area contributed by atoms with E-state index in [4.69, 9.17) is 0 Å². The fourth-order valence-electron chi connectivity index (χ4n) is 2.65. The highest BCUT2D eigenvalue weighted by Gasteiger charge is 2.15. The Morgan fingerprint density at radius 1 is 1.07 bits per heavy atom. The predicted octanol–water partition coefficient (Wildman–Crippen LogP) is 3.95. The molecule has 4 rings (SSSR count). The van der Waals surface area contributed by atoms with Gasteiger partial charge in [0.25, 0.3) is 11.5 Å². The van der Waals surface area contributed by atoms with E-state index in [0.717, 1.165) is 6.07 Å². The molecule has 0 unspecified atom stereocenters. The quantitative estimate of drug-likeness (QED) is 0.550. The summed E-state index contributed by atoms with van der Waals surface area (Å²) in [4.78, 5) is 34.6. The molecule has 4 aromatic rings. The number of halogens is 1.